The van der Waals surface area contributed by atoms with Crippen LogP contribution in [-0.2, 0) is 4.79 Å². The smallest absolute Gasteiger partial charge is 0.255 e. The Balaban J connectivity index is 2.79. The summed E-state index contributed by atoms with van der Waals surface area (Å²) < 4.78 is 5.19. The van der Waals surface area contributed by atoms with Crippen molar-refractivity contribution in [2.24, 2.45) is 5.92 Å². The molecular formula is C17H27N3O3. The van der Waals surface area contributed by atoms with Gasteiger partial charge in [0.15, 0.2) is 0 Å². The van der Waals surface area contributed by atoms with E-state index in [0.717, 1.165) is 0 Å². The Morgan fingerprint density at radius 1 is 1.17 bits per heavy atom. The fourth-order valence-corrected chi connectivity index (χ4v) is 2.05. The predicted octanol–water partition coefficient (Wildman–Crippen LogP) is 1.17. The lowest BCUT2D eigenvalue weighted by atomic mass is 10.0. The predicted molar refractivity (Wildman–Crippen MR) is 90.6 cm³/mol. The highest BCUT2D eigenvalue weighted by molar-refractivity contribution is 5.99. The van der Waals surface area contributed by atoms with E-state index in [9.17, 15) is 9.59 Å². The molecule has 1 aromatic rings. The van der Waals surface area contributed by atoms with E-state index in [2.05, 4.69) is 16.0 Å². The first-order valence-corrected chi connectivity index (χ1v) is 7.79. The van der Waals surface area contributed by atoms with Crippen LogP contribution in [0, 0.1) is 5.92 Å². The first-order chi connectivity index (χ1) is 10.9. The molecule has 6 nitrogen and oxygen atoms in total. The lowest BCUT2D eigenvalue weighted by Gasteiger charge is -2.23. The molecule has 0 fully saturated rings. The molecule has 0 saturated carbocycles. The van der Waals surface area contributed by atoms with Gasteiger partial charge in [0.25, 0.3) is 5.91 Å². The fourth-order valence-electron chi connectivity index (χ4n) is 2.05. The van der Waals surface area contributed by atoms with Crippen molar-refractivity contribution in [2.75, 3.05) is 20.7 Å². The number of ether oxygens (including phenoxy) is 1. The van der Waals surface area contributed by atoms with Crippen LogP contribution < -0.4 is 20.7 Å². The number of hydrogen-bond acceptors (Lipinski definition) is 4. The van der Waals surface area contributed by atoms with Crippen molar-refractivity contribution in [1.29, 1.82) is 0 Å². The summed E-state index contributed by atoms with van der Waals surface area (Å²) in [5, 5.41) is 8.70. The summed E-state index contributed by atoms with van der Waals surface area (Å²) in [5.41, 5.74) is 0.414. The zero-order valence-electron chi connectivity index (χ0n) is 14.5. The second-order valence-corrected chi connectivity index (χ2v) is 5.83. The summed E-state index contributed by atoms with van der Waals surface area (Å²) in [6, 6.07) is 6.51. The van der Waals surface area contributed by atoms with Gasteiger partial charge in [0.05, 0.1) is 12.7 Å². The van der Waals surface area contributed by atoms with Gasteiger partial charge in [0.2, 0.25) is 5.91 Å². The van der Waals surface area contributed by atoms with Crippen molar-refractivity contribution in [1.82, 2.24) is 16.0 Å². The molecule has 23 heavy (non-hydrogen) atoms. The van der Waals surface area contributed by atoms with Gasteiger partial charge >= 0.3 is 0 Å². The van der Waals surface area contributed by atoms with E-state index in [1.165, 1.54) is 7.11 Å². The average molecular weight is 321 g/mol. The third-order valence-electron chi connectivity index (χ3n) is 3.66. The first-order valence-electron chi connectivity index (χ1n) is 7.79. The largest absolute Gasteiger partial charge is 0.496 e. The number of hydrogen-bond donors (Lipinski definition) is 3. The Morgan fingerprint density at radius 2 is 1.83 bits per heavy atom. The van der Waals surface area contributed by atoms with E-state index in [1.54, 1.807) is 24.3 Å². The van der Waals surface area contributed by atoms with E-state index in [4.69, 9.17) is 4.74 Å². The van der Waals surface area contributed by atoms with Crippen LogP contribution in [0.1, 0.15) is 31.1 Å². The molecule has 2 atom stereocenters. The molecule has 6 heteroatoms. The Morgan fingerprint density at radius 3 is 2.39 bits per heavy atom. The molecular weight excluding hydrogens is 294 g/mol. The SMILES string of the molecule is CNC(C)CNC(=O)C(NC(=O)c1ccccc1OC)C(C)C. The summed E-state index contributed by atoms with van der Waals surface area (Å²) in [7, 11) is 3.35. The summed E-state index contributed by atoms with van der Waals surface area (Å²) in [4.78, 5) is 24.8. The molecule has 0 aliphatic rings. The highest BCUT2D eigenvalue weighted by Gasteiger charge is 2.25. The summed E-state index contributed by atoms with van der Waals surface area (Å²) in [5.74, 6) is -0.0569. The highest BCUT2D eigenvalue weighted by atomic mass is 16.5. The minimum atomic E-state index is -0.600. The van der Waals surface area contributed by atoms with Crippen LogP contribution in [-0.4, -0.2) is 44.6 Å². The maximum atomic E-state index is 12.5. The summed E-state index contributed by atoms with van der Waals surface area (Å²) in [6.07, 6.45) is 0. The van der Waals surface area contributed by atoms with Crippen molar-refractivity contribution in [2.45, 2.75) is 32.9 Å². The van der Waals surface area contributed by atoms with Crippen LogP contribution in [0.3, 0.4) is 0 Å². The van der Waals surface area contributed by atoms with E-state index < -0.39 is 6.04 Å². The lowest BCUT2D eigenvalue weighted by Crippen LogP contribution is -2.51. The summed E-state index contributed by atoms with van der Waals surface area (Å²) in [6.45, 7) is 6.27. The molecule has 0 saturated heterocycles. The molecule has 128 valence electrons. The van der Waals surface area contributed by atoms with Crippen molar-refractivity contribution >= 4 is 11.8 Å². The van der Waals surface area contributed by atoms with Crippen molar-refractivity contribution in [3.05, 3.63) is 29.8 Å². The van der Waals surface area contributed by atoms with Crippen LogP contribution in [0.25, 0.3) is 0 Å². The molecule has 3 N–H and O–H groups in total. The number of amides is 2. The van der Waals surface area contributed by atoms with Crippen LogP contribution in [0.15, 0.2) is 24.3 Å². The maximum absolute atomic E-state index is 12.5. The number of para-hydroxylation sites is 1. The van der Waals surface area contributed by atoms with Crippen molar-refractivity contribution in [3.8, 4) is 5.75 Å². The van der Waals surface area contributed by atoms with Crippen LogP contribution in [0.5, 0.6) is 5.75 Å². The van der Waals surface area contributed by atoms with Crippen LogP contribution in [0.2, 0.25) is 0 Å². The summed E-state index contributed by atoms with van der Waals surface area (Å²) >= 11 is 0. The van der Waals surface area contributed by atoms with E-state index in [-0.39, 0.29) is 23.8 Å². The van der Waals surface area contributed by atoms with Gasteiger partial charge in [-0.05, 0) is 32.0 Å². The van der Waals surface area contributed by atoms with Gasteiger partial charge in [-0.1, -0.05) is 26.0 Å². The van der Waals surface area contributed by atoms with Crippen LogP contribution in [0.4, 0.5) is 0 Å². The molecule has 0 radical (unpaired) electrons. The van der Waals surface area contributed by atoms with Crippen molar-refractivity contribution < 1.29 is 14.3 Å². The van der Waals surface area contributed by atoms with Gasteiger partial charge < -0.3 is 20.7 Å². The Kier molecular flexibility index (Phi) is 7.54. The molecule has 0 heterocycles. The van der Waals surface area contributed by atoms with Gasteiger partial charge in [0, 0.05) is 12.6 Å². The maximum Gasteiger partial charge on any atom is 0.255 e. The zero-order valence-corrected chi connectivity index (χ0v) is 14.5. The lowest BCUT2D eigenvalue weighted by molar-refractivity contribution is -0.124. The number of methoxy groups -OCH3 is 1. The number of carbonyl (C=O) groups is 2. The second kappa shape index (κ2) is 9.15. The number of nitrogens with one attached hydrogen (secondary N) is 3. The third-order valence-corrected chi connectivity index (χ3v) is 3.66. The minimum absolute atomic E-state index is 0.0291. The molecule has 0 bridgehead atoms. The molecule has 1 rings (SSSR count). The Bertz CT molecular complexity index is 532. The number of likely N-dealkylation sites (N-methyl/N-ethyl adjacent to an activating group) is 1. The monoisotopic (exact) mass is 321 g/mol. The molecule has 0 aliphatic carbocycles. The first kappa shape index (κ1) is 19.0. The van der Waals surface area contributed by atoms with Gasteiger partial charge in [-0.25, -0.2) is 0 Å². The molecule has 0 aliphatic heterocycles. The highest BCUT2D eigenvalue weighted by Crippen LogP contribution is 2.17. The minimum Gasteiger partial charge on any atom is -0.496 e. The standard InChI is InChI=1S/C17H27N3O3/c1-11(2)15(17(22)19-10-12(3)18-4)20-16(21)13-8-6-7-9-14(13)23-5/h6-9,11-12,15,18H,10H2,1-5H3,(H,19,22)(H,20,21). The molecule has 1 aromatic carbocycles. The Labute approximate surface area is 138 Å². The molecule has 0 spiro atoms. The number of rotatable bonds is 8. The average Bonchev–Trinajstić information content (AvgIpc) is 2.56. The van der Waals surface area contributed by atoms with Crippen LogP contribution >= 0.6 is 0 Å². The van der Waals surface area contributed by atoms with Crippen molar-refractivity contribution in [3.63, 3.8) is 0 Å². The zero-order chi connectivity index (χ0) is 17.4. The quantitative estimate of drug-likeness (QED) is 0.672. The molecule has 2 unspecified atom stereocenters. The number of benzene rings is 1. The third kappa shape index (κ3) is 5.56. The van der Waals surface area contributed by atoms with Gasteiger partial charge in [0.1, 0.15) is 11.8 Å². The normalized spacial score (nSPS) is 13.3. The Hall–Kier alpha value is -2.08. The van der Waals surface area contributed by atoms with E-state index in [1.807, 2.05) is 27.8 Å². The van der Waals surface area contributed by atoms with E-state index in [0.29, 0.717) is 17.9 Å². The van der Waals surface area contributed by atoms with Gasteiger partial charge in [-0.15, -0.1) is 0 Å². The topological polar surface area (TPSA) is 79.5 Å². The second-order valence-electron chi connectivity index (χ2n) is 5.83. The van der Waals surface area contributed by atoms with Gasteiger partial charge in [-0.3, -0.25) is 9.59 Å². The molecule has 2 amide bonds. The molecule has 0 aromatic heterocycles. The fraction of sp³-hybridized carbons (Fsp3) is 0.529. The number of carbonyl (C=O) groups excluding carboxylic acids is 2. The van der Waals surface area contributed by atoms with E-state index >= 15 is 0 Å². The van der Waals surface area contributed by atoms with Gasteiger partial charge in [-0.2, -0.15) is 0 Å².